The molecular weight excluding hydrogens is 378 g/mol. The number of thiazole rings is 2. The monoisotopic (exact) mass is 393 g/mol. The maximum atomic E-state index is 12.9. The second-order valence-corrected chi connectivity index (χ2v) is 8.16. The summed E-state index contributed by atoms with van der Waals surface area (Å²) in [6.45, 7) is 0.643. The van der Waals surface area contributed by atoms with Gasteiger partial charge in [-0.25, -0.2) is 15.0 Å². The van der Waals surface area contributed by atoms with Gasteiger partial charge >= 0.3 is 0 Å². The highest BCUT2D eigenvalue weighted by Gasteiger charge is 2.25. The van der Waals surface area contributed by atoms with E-state index in [0.717, 1.165) is 27.3 Å². The summed E-state index contributed by atoms with van der Waals surface area (Å²) in [5.74, 6) is -0.139. The van der Waals surface area contributed by atoms with E-state index >= 15 is 0 Å². The van der Waals surface area contributed by atoms with Gasteiger partial charge in [-0.05, 0) is 35.7 Å². The van der Waals surface area contributed by atoms with Crippen molar-refractivity contribution in [2.75, 3.05) is 5.32 Å². The Balaban J connectivity index is 1.41. The maximum absolute atomic E-state index is 12.9. The van der Waals surface area contributed by atoms with Crippen LogP contribution in [0.15, 0.2) is 48.1 Å². The third-order valence-electron chi connectivity index (χ3n) is 4.60. The maximum Gasteiger partial charge on any atom is 0.257 e. The molecule has 1 atom stereocenters. The Morgan fingerprint density at radius 3 is 3.00 bits per heavy atom. The fourth-order valence-electron chi connectivity index (χ4n) is 3.33. The van der Waals surface area contributed by atoms with Crippen molar-refractivity contribution in [1.82, 2.24) is 20.3 Å². The molecule has 2 N–H and O–H groups in total. The summed E-state index contributed by atoms with van der Waals surface area (Å²) in [6, 6.07) is 9.83. The lowest BCUT2D eigenvalue weighted by Crippen LogP contribution is -2.30. The highest BCUT2D eigenvalue weighted by molar-refractivity contribution is 7.22. The quantitative estimate of drug-likeness (QED) is 0.554. The van der Waals surface area contributed by atoms with Crippen molar-refractivity contribution < 1.29 is 4.79 Å². The van der Waals surface area contributed by atoms with E-state index in [1.165, 1.54) is 16.9 Å². The molecule has 4 aromatic rings. The summed E-state index contributed by atoms with van der Waals surface area (Å²) in [5, 5.41) is 10.1. The number of anilines is 1. The Labute approximate surface area is 163 Å². The fraction of sp³-hybridized carbons (Fsp3) is 0.158. The van der Waals surface area contributed by atoms with Crippen molar-refractivity contribution in [3.63, 3.8) is 0 Å². The minimum Gasteiger partial charge on any atom is -0.304 e. The molecule has 1 aromatic carbocycles. The van der Waals surface area contributed by atoms with Crippen molar-refractivity contribution in [3.8, 4) is 0 Å². The second kappa shape index (κ2) is 6.80. The number of rotatable bonds is 3. The van der Waals surface area contributed by atoms with E-state index in [1.54, 1.807) is 17.5 Å². The minimum atomic E-state index is -0.139. The summed E-state index contributed by atoms with van der Waals surface area (Å²) in [6.07, 6.45) is 4.38. The Morgan fingerprint density at radius 1 is 1.19 bits per heavy atom. The van der Waals surface area contributed by atoms with E-state index in [4.69, 9.17) is 0 Å². The molecule has 0 radical (unpaired) electrons. The number of nitrogens with zero attached hydrogens (tertiary/aromatic N) is 3. The summed E-state index contributed by atoms with van der Waals surface area (Å²) in [5.41, 5.74) is 3.71. The molecule has 1 aliphatic heterocycles. The average Bonchev–Trinajstić information content (AvgIpc) is 3.36. The fourth-order valence-corrected chi connectivity index (χ4v) is 4.85. The Morgan fingerprint density at radius 2 is 2.15 bits per heavy atom. The molecule has 0 spiro atoms. The molecular formula is C19H15N5OS2. The number of hydrogen-bond acceptors (Lipinski definition) is 7. The zero-order valence-corrected chi connectivity index (χ0v) is 15.8. The summed E-state index contributed by atoms with van der Waals surface area (Å²) >= 11 is 3.03. The summed E-state index contributed by atoms with van der Waals surface area (Å²) < 4.78 is 0. The van der Waals surface area contributed by atoms with Gasteiger partial charge in [0.2, 0.25) is 0 Å². The van der Waals surface area contributed by atoms with E-state index in [9.17, 15) is 4.79 Å². The van der Waals surface area contributed by atoms with Crippen molar-refractivity contribution >= 4 is 44.1 Å². The number of aromatic nitrogens is 3. The lowest BCUT2D eigenvalue weighted by atomic mass is 9.92. The predicted octanol–water partition coefficient (Wildman–Crippen LogP) is 3.79. The van der Waals surface area contributed by atoms with Gasteiger partial charge in [-0.1, -0.05) is 23.5 Å². The first kappa shape index (κ1) is 16.5. The number of hydrogen-bond donors (Lipinski definition) is 2. The van der Waals surface area contributed by atoms with Crippen molar-refractivity contribution in [2.24, 2.45) is 0 Å². The molecule has 6 nitrogen and oxygen atoms in total. The normalized spacial score (nSPS) is 16.2. The van der Waals surface area contributed by atoms with Crippen LogP contribution >= 0.6 is 22.7 Å². The van der Waals surface area contributed by atoms with E-state index in [1.807, 2.05) is 35.8 Å². The van der Waals surface area contributed by atoms with Crippen molar-refractivity contribution in [1.29, 1.82) is 0 Å². The van der Waals surface area contributed by atoms with E-state index < -0.39 is 0 Å². The number of carbonyl (C=O) groups is 1. The van der Waals surface area contributed by atoms with Crippen LogP contribution < -0.4 is 10.6 Å². The first-order valence-corrected chi connectivity index (χ1v) is 10.2. The predicted molar refractivity (Wildman–Crippen MR) is 107 cm³/mol. The molecule has 1 amide bonds. The smallest absolute Gasteiger partial charge is 0.257 e. The van der Waals surface area contributed by atoms with Crippen LogP contribution in [0.2, 0.25) is 0 Å². The lowest BCUT2D eigenvalue weighted by molar-refractivity contribution is 0.102. The zero-order chi connectivity index (χ0) is 18.2. The summed E-state index contributed by atoms with van der Waals surface area (Å²) in [4.78, 5) is 26.8. The van der Waals surface area contributed by atoms with Crippen LogP contribution in [0.4, 0.5) is 5.13 Å². The van der Waals surface area contributed by atoms with Crippen LogP contribution in [0.1, 0.15) is 32.5 Å². The molecule has 0 saturated heterocycles. The number of carbonyl (C=O) groups excluding carboxylic acids is 1. The SMILES string of the molecule is O=C(Nc1nc2cccnc2s1)c1cccc2c1CNC(c1nccs1)C2. The molecule has 4 heterocycles. The topological polar surface area (TPSA) is 79.8 Å². The van der Waals surface area contributed by atoms with Gasteiger partial charge in [-0.3, -0.25) is 10.1 Å². The van der Waals surface area contributed by atoms with Gasteiger partial charge in [0.15, 0.2) is 5.13 Å². The van der Waals surface area contributed by atoms with Crippen LogP contribution in [-0.4, -0.2) is 20.9 Å². The standard InChI is InChI=1S/C19H15N5OS2/c25-16(24-19-23-14-5-2-6-20-18(14)27-19)12-4-1-3-11-9-15(22-10-13(11)12)17-21-7-8-26-17/h1-8,15,22H,9-10H2,(H,23,24,25). The van der Waals surface area contributed by atoms with Crippen molar-refractivity contribution in [2.45, 2.75) is 19.0 Å². The van der Waals surface area contributed by atoms with E-state index in [-0.39, 0.29) is 11.9 Å². The van der Waals surface area contributed by atoms with E-state index in [0.29, 0.717) is 17.2 Å². The van der Waals surface area contributed by atoms with Gasteiger partial charge in [0.25, 0.3) is 5.91 Å². The number of nitrogens with one attached hydrogen (secondary N) is 2. The van der Waals surface area contributed by atoms with Crippen LogP contribution in [-0.2, 0) is 13.0 Å². The number of amides is 1. The zero-order valence-electron chi connectivity index (χ0n) is 14.2. The first-order valence-electron chi connectivity index (χ1n) is 8.54. The molecule has 1 aliphatic rings. The van der Waals surface area contributed by atoms with Crippen molar-refractivity contribution in [3.05, 3.63) is 69.8 Å². The number of fused-ring (bicyclic) bond motifs is 2. The Hall–Kier alpha value is -2.68. The van der Waals surface area contributed by atoms with Gasteiger partial charge < -0.3 is 5.32 Å². The van der Waals surface area contributed by atoms with E-state index in [2.05, 4.69) is 31.7 Å². The Bertz CT molecular complexity index is 1090. The molecule has 8 heteroatoms. The minimum absolute atomic E-state index is 0.139. The van der Waals surface area contributed by atoms with Gasteiger partial charge in [-0.2, -0.15) is 0 Å². The van der Waals surface area contributed by atoms with Crippen LogP contribution in [0, 0.1) is 0 Å². The van der Waals surface area contributed by atoms with Gasteiger partial charge in [0.1, 0.15) is 15.4 Å². The third-order valence-corrected chi connectivity index (χ3v) is 6.39. The largest absolute Gasteiger partial charge is 0.304 e. The summed E-state index contributed by atoms with van der Waals surface area (Å²) in [7, 11) is 0. The number of pyridine rings is 1. The van der Waals surface area contributed by atoms with Gasteiger partial charge in [-0.15, -0.1) is 11.3 Å². The molecule has 0 aliphatic carbocycles. The van der Waals surface area contributed by atoms with Crippen LogP contribution in [0.5, 0.6) is 0 Å². The molecule has 5 rings (SSSR count). The Kier molecular flexibility index (Phi) is 4.16. The van der Waals surface area contributed by atoms with Gasteiger partial charge in [0.05, 0.1) is 6.04 Å². The van der Waals surface area contributed by atoms with Crippen LogP contribution in [0.25, 0.3) is 10.3 Å². The molecule has 0 bridgehead atoms. The van der Waals surface area contributed by atoms with Gasteiger partial charge in [0, 0.05) is 29.9 Å². The molecule has 3 aromatic heterocycles. The average molecular weight is 393 g/mol. The first-order chi connectivity index (χ1) is 13.3. The molecule has 0 fully saturated rings. The van der Waals surface area contributed by atoms with Crippen LogP contribution in [0.3, 0.4) is 0 Å². The molecule has 27 heavy (non-hydrogen) atoms. The highest BCUT2D eigenvalue weighted by atomic mass is 32.1. The lowest BCUT2D eigenvalue weighted by Gasteiger charge is -2.26. The number of benzene rings is 1. The third kappa shape index (κ3) is 3.12. The molecule has 0 saturated carbocycles. The molecule has 1 unspecified atom stereocenters. The molecule has 134 valence electrons. The highest BCUT2D eigenvalue weighted by Crippen LogP contribution is 2.30. The second-order valence-electron chi connectivity index (χ2n) is 6.25.